The highest BCUT2D eigenvalue weighted by molar-refractivity contribution is 7.00. The molecule has 3 nitrogen and oxygen atoms in total. The van der Waals surface area contributed by atoms with E-state index in [-0.39, 0.29) is 6.71 Å². The average Bonchev–Trinajstić information content (AvgIpc) is 3.89. The standard InChI is InChI=1S/C66H46BN3/c1-37(2)41-25-28-55-52(32-41)62-47-17-8-7-15-44(47)34-54-66(62)70(55)60-36-46(69-57-22-12-21-51-49-19-10-9-18-48(49)50-20-11-16-40-24-30-58(69)64(61(40)50)63(51)57)35-59-65(60)67(54)53-33-42(38(3)4)26-29-56(53)68(59)45-27-23-39-13-5-6-14-43(39)31-45/h5-38H,1-4H3. The van der Waals surface area contributed by atoms with Gasteiger partial charge < -0.3 is 14.0 Å². The number of benzene rings is 11. The molecule has 0 atom stereocenters. The molecule has 3 aliphatic rings. The van der Waals surface area contributed by atoms with Gasteiger partial charge >= 0.3 is 0 Å². The number of rotatable bonds is 4. The summed E-state index contributed by atoms with van der Waals surface area (Å²) in [5, 5.41) is 13.0. The zero-order valence-electron chi connectivity index (χ0n) is 39.5. The van der Waals surface area contributed by atoms with Crippen molar-refractivity contribution in [2.75, 3.05) is 4.90 Å². The molecule has 2 aromatic heterocycles. The quantitative estimate of drug-likeness (QED) is 0.160. The normalized spacial score (nSPS) is 13.3. The van der Waals surface area contributed by atoms with Crippen LogP contribution in [0.1, 0.15) is 50.7 Å². The Balaban J connectivity index is 1.11. The third-order valence-electron chi connectivity index (χ3n) is 16.5. The predicted molar refractivity (Wildman–Crippen MR) is 300 cm³/mol. The van der Waals surface area contributed by atoms with Crippen molar-refractivity contribution in [2.45, 2.75) is 39.5 Å². The SMILES string of the molecule is CC(C)c1ccc2c(c1)B1c3c(cc(-n4c5cccc6c5c5c7c(cccc7ccc54)-c4ccccc4-6)cc3-n3c4ccc(C(C)C)cc4c4c5ccccc5cc1c43)N2c1ccc2ccccc2c1. The molecule has 0 N–H and O–H groups in total. The van der Waals surface area contributed by atoms with Crippen LogP contribution in [-0.4, -0.2) is 15.8 Å². The summed E-state index contributed by atoms with van der Waals surface area (Å²) in [4.78, 5) is 2.60. The van der Waals surface area contributed by atoms with Crippen LogP contribution in [0.25, 0.3) is 110 Å². The van der Waals surface area contributed by atoms with Crippen LogP contribution in [0.4, 0.5) is 17.1 Å². The largest absolute Gasteiger partial charge is 0.311 e. The zero-order chi connectivity index (χ0) is 46.3. The molecular weight excluding hydrogens is 846 g/mol. The van der Waals surface area contributed by atoms with Gasteiger partial charge in [0.05, 0.1) is 27.8 Å². The van der Waals surface area contributed by atoms with Crippen molar-refractivity contribution >= 4 is 116 Å². The molecular formula is C66H46BN3. The van der Waals surface area contributed by atoms with Gasteiger partial charge in [-0.25, -0.2) is 0 Å². The van der Waals surface area contributed by atoms with Gasteiger partial charge in [0.1, 0.15) is 0 Å². The smallest absolute Gasteiger partial charge is 0.252 e. The van der Waals surface area contributed by atoms with Crippen molar-refractivity contribution in [3.05, 3.63) is 205 Å². The maximum absolute atomic E-state index is 2.66. The first-order valence-corrected chi connectivity index (χ1v) is 25.1. The van der Waals surface area contributed by atoms with E-state index in [4.69, 9.17) is 0 Å². The molecule has 0 spiro atoms. The molecule has 0 amide bonds. The maximum atomic E-state index is 2.66. The lowest BCUT2D eigenvalue weighted by atomic mass is 9.33. The van der Waals surface area contributed by atoms with E-state index >= 15 is 0 Å². The van der Waals surface area contributed by atoms with E-state index in [1.807, 2.05) is 0 Å². The predicted octanol–water partition coefficient (Wildman–Crippen LogP) is 15.8. The first kappa shape index (κ1) is 38.6. The Hall–Kier alpha value is -8.34. The number of hydrogen-bond acceptors (Lipinski definition) is 1. The van der Waals surface area contributed by atoms with Crippen LogP contribution in [-0.2, 0) is 0 Å². The molecule has 11 aromatic carbocycles. The fourth-order valence-electron chi connectivity index (χ4n) is 13.3. The van der Waals surface area contributed by atoms with Gasteiger partial charge in [-0.1, -0.05) is 167 Å². The van der Waals surface area contributed by atoms with Crippen LogP contribution in [0.15, 0.2) is 194 Å². The van der Waals surface area contributed by atoms with E-state index in [0.717, 1.165) is 11.4 Å². The minimum absolute atomic E-state index is 0.00343. The van der Waals surface area contributed by atoms with E-state index in [9.17, 15) is 0 Å². The Morgan fingerprint density at radius 2 is 1.00 bits per heavy atom. The number of anilines is 3. The fraction of sp³-hybridized carbons (Fsp3) is 0.0909. The molecule has 0 radical (unpaired) electrons. The van der Waals surface area contributed by atoms with Crippen molar-refractivity contribution in [2.24, 2.45) is 0 Å². The van der Waals surface area contributed by atoms with Crippen molar-refractivity contribution < 1.29 is 0 Å². The van der Waals surface area contributed by atoms with Gasteiger partial charge in [0, 0.05) is 44.3 Å². The molecule has 0 bridgehead atoms. The highest BCUT2D eigenvalue weighted by Crippen LogP contribution is 2.51. The summed E-state index contributed by atoms with van der Waals surface area (Å²) < 4.78 is 5.26. The molecule has 70 heavy (non-hydrogen) atoms. The van der Waals surface area contributed by atoms with E-state index in [1.165, 1.54) is 143 Å². The zero-order valence-corrected chi connectivity index (χ0v) is 39.5. The third-order valence-corrected chi connectivity index (χ3v) is 16.5. The number of aromatic nitrogens is 2. The van der Waals surface area contributed by atoms with Gasteiger partial charge in [0.15, 0.2) is 0 Å². The van der Waals surface area contributed by atoms with Crippen molar-refractivity contribution in [1.82, 2.24) is 9.13 Å². The summed E-state index contributed by atoms with van der Waals surface area (Å²) in [6.07, 6.45) is 0. The molecule has 0 saturated carbocycles. The summed E-state index contributed by atoms with van der Waals surface area (Å²) in [5.74, 6) is 0.773. The Bertz CT molecular complexity index is 4510. The van der Waals surface area contributed by atoms with Crippen LogP contribution in [0.2, 0.25) is 0 Å². The van der Waals surface area contributed by atoms with E-state index in [1.54, 1.807) is 0 Å². The van der Waals surface area contributed by atoms with E-state index < -0.39 is 0 Å². The number of nitrogens with zero attached hydrogens (tertiary/aromatic N) is 3. The Morgan fingerprint density at radius 3 is 1.83 bits per heavy atom. The van der Waals surface area contributed by atoms with Crippen LogP contribution >= 0.6 is 0 Å². The minimum Gasteiger partial charge on any atom is -0.311 e. The van der Waals surface area contributed by atoms with Crippen LogP contribution in [0.5, 0.6) is 0 Å². The Labute approximate surface area is 406 Å². The molecule has 1 aliphatic carbocycles. The van der Waals surface area contributed by atoms with Gasteiger partial charge in [-0.3, -0.25) is 0 Å². The summed E-state index contributed by atoms with van der Waals surface area (Å²) >= 11 is 0. The molecule has 328 valence electrons. The summed E-state index contributed by atoms with van der Waals surface area (Å²) in [5.41, 5.74) is 23.0. The van der Waals surface area contributed by atoms with Crippen molar-refractivity contribution in [3.63, 3.8) is 0 Å². The molecule has 0 unspecified atom stereocenters. The fourth-order valence-corrected chi connectivity index (χ4v) is 13.3. The summed E-state index contributed by atoms with van der Waals surface area (Å²) in [7, 11) is 0. The first-order valence-electron chi connectivity index (χ1n) is 25.1. The van der Waals surface area contributed by atoms with E-state index in [0.29, 0.717) is 11.8 Å². The van der Waals surface area contributed by atoms with Crippen molar-refractivity contribution in [3.8, 4) is 33.6 Å². The molecule has 4 heterocycles. The van der Waals surface area contributed by atoms with Gasteiger partial charge in [-0.15, -0.1) is 0 Å². The molecule has 0 fully saturated rings. The van der Waals surface area contributed by atoms with Gasteiger partial charge in [0.2, 0.25) is 0 Å². The van der Waals surface area contributed by atoms with E-state index in [2.05, 4.69) is 236 Å². The Morgan fingerprint density at radius 1 is 0.357 bits per heavy atom. The minimum atomic E-state index is -0.00343. The number of hydrogen-bond donors (Lipinski definition) is 0. The van der Waals surface area contributed by atoms with Crippen LogP contribution in [0.3, 0.4) is 0 Å². The molecule has 4 heteroatoms. The summed E-state index contributed by atoms with van der Waals surface area (Å²) in [6, 6.07) is 74.8. The highest BCUT2D eigenvalue weighted by Gasteiger charge is 2.43. The average molecular weight is 892 g/mol. The van der Waals surface area contributed by atoms with Gasteiger partial charge in [-0.05, 0) is 149 Å². The second kappa shape index (κ2) is 13.7. The second-order valence-corrected chi connectivity index (χ2v) is 20.8. The second-order valence-electron chi connectivity index (χ2n) is 20.8. The van der Waals surface area contributed by atoms with Crippen molar-refractivity contribution in [1.29, 1.82) is 0 Å². The van der Waals surface area contributed by atoms with Crippen LogP contribution < -0.4 is 21.3 Å². The highest BCUT2D eigenvalue weighted by atomic mass is 15.2. The molecule has 13 aromatic rings. The van der Waals surface area contributed by atoms with Gasteiger partial charge in [0.25, 0.3) is 6.71 Å². The third kappa shape index (κ3) is 4.90. The van der Waals surface area contributed by atoms with Crippen LogP contribution in [0, 0.1) is 0 Å². The molecule has 2 aliphatic heterocycles. The number of fused-ring (bicyclic) bond motifs is 13. The Kier molecular flexibility index (Phi) is 7.54. The monoisotopic (exact) mass is 891 g/mol. The topological polar surface area (TPSA) is 13.1 Å². The lowest BCUT2D eigenvalue weighted by Gasteiger charge is -2.41. The summed E-state index contributed by atoms with van der Waals surface area (Å²) in [6.45, 7) is 9.30. The first-order chi connectivity index (χ1) is 34.4. The molecule has 16 rings (SSSR count). The molecule has 0 saturated heterocycles. The lowest BCUT2D eigenvalue weighted by Crippen LogP contribution is -2.60. The van der Waals surface area contributed by atoms with Gasteiger partial charge in [-0.2, -0.15) is 0 Å². The maximum Gasteiger partial charge on any atom is 0.252 e. The lowest BCUT2D eigenvalue weighted by molar-refractivity contribution is 0.867.